The molecular weight excluding hydrogens is 178 g/mol. The Morgan fingerprint density at radius 2 is 2.17 bits per heavy atom. The van der Waals surface area contributed by atoms with Gasteiger partial charge in [-0.05, 0) is 11.5 Å². The third kappa shape index (κ3) is 2.27. The van der Waals surface area contributed by atoms with E-state index in [0.717, 1.165) is 5.56 Å². The Bertz CT molecular complexity index is 319. The molecule has 1 N–H and O–H groups in total. The van der Waals surface area contributed by atoms with Gasteiger partial charge in [0.15, 0.2) is 0 Å². The molecule has 0 saturated heterocycles. The summed E-state index contributed by atoms with van der Waals surface area (Å²) < 4.78 is 27.5. The average molecular weight is 189 g/mol. The maximum Gasteiger partial charge on any atom is 0.224 e. The van der Waals surface area contributed by atoms with Gasteiger partial charge in [0.05, 0.1) is 6.26 Å². The van der Waals surface area contributed by atoms with Crippen LogP contribution >= 0.6 is 0 Å². The van der Waals surface area contributed by atoms with Crippen molar-refractivity contribution in [3.8, 4) is 0 Å². The van der Waals surface area contributed by atoms with Crippen molar-refractivity contribution in [2.24, 2.45) is 0 Å². The molecule has 0 unspecified atom stereocenters. The smallest absolute Gasteiger partial charge is 0.224 e. The lowest BCUT2D eigenvalue weighted by Gasteiger charge is -1.95. The molecule has 0 aromatic carbocycles. The summed E-state index contributed by atoms with van der Waals surface area (Å²) in [5.41, 5.74) is 0.981. The molecule has 0 fully saturated rings. The molecule has 0 spiro atoms. The van der Waals surface area contributed by atoms with E-state index in [9.17, 15) is 8.42 Å². The van der Waals surface area contributed by atoms with Gasteiger partial charge in [-0.25, -0.2) is 8.42 Å². The van der Waals surface area contributed by atoms with Crippen LogP contribution in [-0.2, 0) is 10.9 Å². The zero-order valence-corrected chi connectivity index (χ0v) is 7.80. The summed E-state index contributed by atoms with van der Waals surface area (Å²) in [5.74, 6) is 0.614. The second kappa shape index (κ2) is 3.62. The van der Waals surface area contributed by atoms with Crippen LogP contribution in [-0.4, -0.2) is 8.42 Å². The van der Waals surface area contributed by atoms with Gasteiger partial charge < -0.3 is 4.42 Å². The first-order valence-corrected chi connectivity index (χ1v) is 4.77. The number of rotatable bonds is 3. The van der Waals surface area contributed by atoms with E-state index < -0.39 is 10.9 Å². The van der Waals surface area contributed by atoms with E-state index in [4.69, 9.17) is 4.42 Å². The summed E-state index contributed by atoms with van der Waals surface area (Å²) in [4.78, 5) is 0. The minimum absolute atomic E-state index is 0.273. The topological polar surface area (TPSA) is 59.3 Å². The molecule has 0 aliphatic heterocycles. The predicted octanol–water partition coefficient (Wildman–Crippen LogP) is 1.34. The van der Waals surface area contributed by atoms with Crippen molar-refractivity contribution in [2.75, 3.05) is 4.72 Å². The van der Waals surface area contributed by atoms with Crippen molar-refractivity contribution in [3.05, 3.63) is 17.9 Å². The molecular formula is C7H11NO3S. The molecule has 1 aromatic heterocycles. The van der Waals surface area contributed by atoms with Gasteiger partial charge in [-0.3, -0.25) is 4.72 Å². The van der Waals surface area contributed by atoms with E-state index in [1.54, 1.807) is 12.3 Å². The highest BCUT2D eigenvalue weighted by Gasteiger charge is 2.04. The maximum absolute atomic E-state index is 10.2. The van der Waals surface area contributed by atoms with E-state index in [1.807, 2.05) is 13.8 Å². The first kappa shape index (κ1) is 9.12. The number of hydrogen-bond donors (Lipinski definition) is 2. The first-order chi connectivity index (χ1) is 5.59. The molecule has 0 aliphatic rings. The molecule has 1 heterocycles. The van der Waals surface area contributed by atoms with Crippen molar-refractivity contribution in [1.29, 1.82) is 0 Å². The Morgan fingerprint density at radius 1 is 1.50 bits per heavy atom. The second-order valence-corrected chi connectivity index (χ2v) is 3.51. The first-order valence-electron chi connectivity index (χ1n) is 3.59. The van der Waals surface area contributed by atoms with Gasteiger partial charge in [0.25, 0.3) is 0 Å². The van der Waals surface area contributed by atoms with Crippen molar-refractivity contribution < 1.29 is 12.8 Å². The molecule has 0 bridgehead atoms. The summed E-state index contributed by atoms with van der Waals surface area (Å²) in [7, 11) is -2.63. The molecule has 1 aromatic rings. The van der Waals surface area contributed by atoms with Crippen LogP contribution in [0, 0.1) is 0 Å². The second-order valence-electron chi connectivity index (χ2n) is 2.77. The number of anilines is 1. The van der Waals surface area contributed by atoms with Crippen LogP contribution in [0.5, 0.6) is 0 Å². The standard InChI is InChI=1S/C7H11NO3S/c1-5(2)6-3-7(11-4-6)8-12(9)10/h3-5,12H,1-2H3,(H,8,9,10). The zero-order valence-electron chi connectivity index (χ0n) is 6.90. The highest BCUT2D eigenvalue weighted by atomic mass is 32.2. The van der Waals surface area contributed by atoms with E-state index in [-0.39, 0.29) is 5.88 Å². The molecule has 68 valence electrons. The fourth-order valence-corrected chi connectivity index (χ4v) is 1.10. The van der Waals surface area contributed by atoms with Crippen molar-refractivity contribution in [2.45, 2.75) is 19.8 Å². The minimum atomic E-state index is -2.63. The summed E-state index contributed by atoms with van der Waals surface area (Å²) in [6, 6.07) is 1.68. The van der Waals surface area contributed by atoms with Gasteiger partial charge >= 0.3 is 0 Å². The van der Waals surface area contributed by atoms with Gasteiger partial charge in [-0.2, -0.15) is 0 Å². The van der Waals surface area contributed by atoms with Crippen LogP contribution in [0.1, 0.15) is 25.3 Å². The summed E-state index contributed by atoms with van der Waals surface area (Å²) in [6.07, 6.45) is 1.55. The van der Waals surface area contributed by atoms with Gasteiger partial charge in [0.2, 0.25) is 16.8 Å². The predicted molar refractivity (Wildman–Crippen MR) is 46.7 cm³/mol. The summed E-state index contributed by atoms with van der Waals surface area (Å²) >= 11 is 0. The molecule has 5 heteroatoms. The van der Waals surface area contributed by atoms with E-state index in [1.165, 1.54) is 0 Å². The minimum Gasteiger partial charge on any atom is -0.448 e. The Labute approximate surface area is 72.7 Å². The Kier molecular flexibility index (Phi) is 2.75. The number of nitrogens with one attached hydrogen (secondary N) is 1. The van der Waals surface area contributed by atoms with Crippen molar-refractivity contribution >= 4 is 16.8 Å². The zero-order chi connectivity index (χ0) is 9.14. The molecule has 1 rings (SSSR count). The molecule has 0 aliphatic carbocycles. The molecule has 0 amide bonds. The van der Waals surface area contributed by atoms with Gasteiger partial charge in [0, 0.05) is 6.07 Å². The van der Waals surface area contributed by atoms with Crippen LogP contribution in [0.3, 0.4) is 0 Å². The van der Waals surface area contributed by atoms with Crippen LogP contribution in [0.15, 0.2) is 16.7 Å². The molecule has 0 radical (unpaired) electrons. The van der Waals surface area contributed by atoms with Crippen LogP contribution < -0.4 is 4.72 Å². The van der Waals surface area contributed by atoms with E-state index in [0.29, 0.717) is 5.92 Å². The van der Waals surface area contributed by atoms with Crippen LogP contribution in [0.4, 0.5) is 5.88 Å². The molecule has 4 nitrogen and oxygen atoms in total. The van der Waals surface area contributed by atoms with E-state index in [2.05, 4.69) is 4.72 Å². The summed E-state index contributed by atoms with van der Waals surface area (Å²) in [5, 5.41) is 0. The summed E-state index contributed by atoms with van der Waals surface area (Å²) in [6.45, 7) is 4.01. The van der Waals surface area contributed by atoms with Gasteiger partial charge in [-0.15, -0.1) is 0 Å². The quantitative estimate of drug-likeness (QED) is 0.705. The Hall–Kier alpha value is -0.970. The lowest BCUT2D eigenvalue weighted by molar-refractivity contribution is 0.576. The van der Waals surface area contributed by atoms with E-state index >= 15 is 0 Å². The fraction of sp³-hybridized carbons (Fsp3) is 0.429. The average Bonchev–Trinajstić information content (AvgIpc) is 2.34. The molecule has 0 atom stereocenters. The third-order valence-corrected chi connectivity index (χ3v) is 1.89. The van der Waals surface area contributed by atoms with Crippen LogP contribution in [0.25, 0.3) is 0 Å². The normalized spacial score (nSPS) is 11.0. The number of hydrogen-bond acceptors (Lipinski definition) is 3. The highest BCUT2D eigenvalue weighted by molar-refractivity contribution is 7.73. The van der Waals surface area contributed by atoms with Gasteiger partial charge in [-0.1, -0.05) is 13.8 Å². The number of furan rings is 1. The number of thiol groups is 1. The maximum atomic E-state index is 10.2. The lowest BCUT2D eigenvalue weighted by Crippen LogP contribution is -1.92. The lowest BCUT2D eigenvalue weighted by atomic mass is 10.1. The fourth-order valence-electron chi connectivity index (χ4n) is 0.802. The van der Waals surface area contributed by atoms with Crippen molar-refractivity contribution in [3.63, 3.8) is 0 Å². The third-order valence-electron chi connectivity index (χ3n) is 1.49. The van der Waals surface area contributed by atoms with Crippen LogP contribution in [0.2, 0.25) is 0 Å². The highest BCUT2D eigenvalue weighted by Crippen LogP contribution is 2.20. The monoisotopic (exact) mass is 189 g/mol. The SMILES string of the molecule is CC(C)c1coc(N[SH](=O)=O)c1. The largest absolute Gasteiger partial charge is 0.448 e. The Morgan fingerprint density at radius 3 is 2.58 bits per heavy atom. The van der Waals surface area contributed by atoms with Crippen molar-refractivity contribution in [1.82, 2.24) is 0 Å². The van der Waals surface area contributed by atoms with Gasteiger partial charge in [0.1, 0.15) is 0 Å². The molecule has 0 saturated carbocycles. The Balaban J connectivity index is 2.77. The molecule has 12 heavy (non-hydrogen) atoms.